The first-order valence-corrected chi connectivity index (χ1v) is 7.66. The second kappa shape index (κ2) is 6.44. The molecule has 0 saturated carbocycles. The first-order valence-electron chi connectivity index (χ1n) is 6.43. The molecule has 0 bridgehead atoms. The van der Waals surface area contributed by atoms with Crippen LogP contribution in [-0.2, 0) is 9.59 Å². The van der Waals surface area contributed by atoms with E-state index in [1.807, 2.05) is 13.8 Å². The largest absolute Gasteiger partial charge is 0.480 e. The van der Waals surface area contributed by atoms with Crippen LogP contribution in [0.25, 0.3) is 6.08 Å². The van der Waals surface area contributed by atoms with E-state index in [0.717, 1.165) is 11.8 Å². The number of carbonyl (C=O) groups is 2. The molecule has 0 aromatic carbocycles. The van der Waals surface area contributed by atoms with Crippen molar-refractivity contribution in [3.63, 3.8) is 0 Å². The van der Waals surface area contributed by atoms with Gasteiger partial charge in [-0.25, -0.2) is 4.79 Å². The summed E-state index contributed by atoms with van der Waals surface area (Å²) in [5, 5.41) is 9.36. The second-order valence-electron chi connectivity index (χ2n) is 5.05. The smallest absolute Gasteiger partial charge is 0.326 e. The third-order valence-electron chi connectivity index (χ3n) is 2.93. The van der Waals surface area contributed by atoms with Crippen LogP contribution in [0.15, 0.2) is 27.7 Å². The number of hydrogen-bond acceptors (Lipinski definition) is 5. The molecule has 21 heavy (non-hydrogen) atoms. The topological polar surface area (TPSA) is 70.8 Å². The Morgan fingerprint density at radius 2 is 2.29 bits per heavy atom. The molecule has 2 heterocycles. The number of hydrogen-bond donors (Lipinski definition) is 1. The number of rotatable bonds is 5. The Bertz CT molecular complexity index is 592. The number of carboxylic acid groups (broad SMARTS) is 1. The van der Waals surface area contributed by atoms with E-state index in [1.54, 1.807) is 18.2 Å². The molecule has 1 aromatic heterocycles. The van der Waals surface area contributed by atoms with E-state index < -0.39 is 12.0 Å². The van der Waals surface area contributed by atoms with Gasteiger partial charge < -0.3 is 9.52 Å². The molecule has 5 nitrogen and oxygen atoms in total. The molecule has 7 heteroatoms. The average molecular weight is 325 g/mol. The number of carboxylic acids is 1. The number of nitrogens with zero attached hydrogens (tertiary/aromatic N) is 1. The molecule has 1 aliphatic rings. The summed E-state index contributed by atoms with van der Waals surface area (Å²) in [5.74, 6) is -0.746. The van der Waals surface area contributed by atoms with Crippen molar-refractivity contribution >= 4 is 46.3 Å². The van der Waals surface area contributed by atoms with Gasteiger partial charge in [0.2, 0.25) is 0 Å². The predicted molar refractivity (Wildman–Crippen MR) is 84.6 cm³/mol. The fourth-order valence-corrected chi connectivity index (χ4v) is 3.35. The highest BCUT2D eigenvalue weighted by atomic mass is 32.2. The van der Waals surface area contributed by atoms with Gasteiger partial charge in [-0.3, -0.25) is 9.69 Å². The summed E-state index contributed by atoms with van der Waals surface area (Å²) in [6.45, 7) is 3.82. The van der Waals surface area contributed by atoms with Gasteiger partial charge in [0.15, 0.2) is 0 Å². The van der Waals surface area contributed by atoms with Crippen LogP contribution >= 0.6 is 24.0 Å². The maximum absolute atomic E-state index is 12.4. The fourth-order valence-electron chi connectivity index (χ4n) is 2.01. The van der Waals surface area contributed by atoms with Crippen LogP contribution in [0.2, 0.25) is 0 Å². The Morgan fingerprint density at radius 3 is 2.81 bits per heavy atom. The van der Waals surface area contributed by atoms with Crippen LogP contribution in [0.3, 0.4) is 0 Å². The van der Waals surface area contributed by atoms with Gasteiger partial charge in [0, 0.05) is 6.08 Å². The Morgan fingerprint density at radius 1 is 1.57 bits per heavy atom. The maximum Gasteiger partial charge on any atom is 0.326 e. The molecule has 2 rings (SSSR count). The summed E-state index contributed by atoms with van der Waals surface area (Å²) < 4.78 is 5.44. The Balaban J connectivity index is 2.27. The van der Waals surface area contributed by atoms with Gasteiger partial charge in [-0.2, -0.15) is 0 Å². The molecular formula is C14H15NO4S2. The van der Waals surface area contributed by atoms with Gasteiger partial charge in [0.25, 0.3) is 5.91 Å². The highest BCUT2D eigenvalue weighted by Crippen LogP contribution is 2.35. The molecule has 1 atom stereocenters. The van der Waals surface area contributed by atoms with Crippen LogP contribution < -0.4 is 0 Å². The fraction of sp³-hybridized carbons (Fsp3) is 0.357. The third kappa shape index (κ3) is 3.54. The van der Waals surface area contributed by atoms with Gasteiger partial charge in [-0.15, -0.1) is 0 Å². The second-order valence-corrected chi connectivity index (χ2v) is 6.73. The quantitative estimate of drug-likeness (QED) is 0.663. The lowest BCUT2D eigenvalue weighted by atomic mass is 10.0. The highest BCUT2D eigenvalue weighted by Gasteiger charge is 2.40. The van der Waals surface area contributed by atoms with Gasteiger partial charge in [0.05, 0.1) is 11.2 Å². The lowest BCUT2D eigenvalue weighted by molar-refractivity contribution is -0.145. The van der Waals surface area contributed by atoms with Crippen LogP contribution in [-0.4, -0.2) is 32.2 Å². The summed E-state index contributed by atoms with van der Waals surface area (Å²) in [5.41, 5.74) is 0. The minimum Gasteiger partial charge on any atom is -0.480 e. The summed E-state index contributed by atoms with van der Waals surface area (Å²) >= 11 is 6.27. The van der Waals surface area contributed by atoms with E-state index >= 15 is 0 Å². The van der Waals surface area contributed by atoms with E-state index in [9.17, 15) is 14.7 Å². The monoisotopic (exact) mass is 325 g/mol. The number of thiocarbonyl (C=S) groups is 1. The van der Waals surface area contributed by atoms with Crippen molar-refractivity contribution in [3.8, 4) is 0 Å². The van der Waals surface area contributed by atoms with E-state index in [-0.39, 0.29) is 16.1 Å². The summed E-state index contributed by atoms with van der Waals surface area (Å²) in [4.78, 5) is 25.4. The standard InChI is InChI=1S/C14H15NO4S2/c1-8(2)6-10(13(17)18)15-12(16)11(21-14(15)20)7-9-4-3-5-19-9/h3-5,7-8,10H,6H2,1-2H3,(H,17,18)/b11-7+. The normalized spacial score (nSPS) is 18.8. The molecule has 1 N–H and O–H groups in total. The highest BCUT2D eigenvalue weighted by molar-refractivity contribution is 8.26. The first-order chi connectivity index (χ1) is 9.90. The van der Waals surface area contributed by atoms with Crippen molar-refractivity contribution in [2.75, 3.05) is 0 Å². The van der Waals surface area contributed by atoms with Crippen molar-refractivity contribution in [3.05, 3.63) is 29.1 Å². The zero-order valence-corrected chi connectivity index (χ0v) is 13.2. The Hall–Kier alpha value is -1.60. The number of amides is 1. The molecule has 1 saturated heterocycles. The molecule has 0 radical (unpaired) electrons. The first kappa shape index (κ1) is 15.8. The molecule has 112 valence electrons. The Kier molecular flexibility index (Phi) is 4.84. The van der Waals surface area contributed by atoms with Crippen molar-refractivity contribution in [2.45, 2.75) is 26.3 Å². The zero-order valence-electron chi connectivity index (χ0n) is 11.6. The zero-order chi connectivity index (χ0) is 15.6. The minimum atomic E-state index is -1.04. The van der Waals surface area contributed by atoms with Crippen LogP contribution in [0.4, 0.5) is 0 Å². The van der Waals surface area contributed by atoms with Crippen molar-refractivity contribution in [1.82, 2.24) is 4.90 Å². The van der Waals surface area contributed by atoms with Gasteiger partial charge >= 0.3 is 5.97 Å². The van der Waals surface area contributed by atoms with Crippen molar-refractivity contribution in [1.29, 1.82) is 0 Å². The van der Waals surface area contributed by atoms with E-state index in [4.69, 9.17) is 16.6 Å². The number of carbonyl (C=O) groups excluding carboxylic acids is 1. The molecule has 1 fully saturated rings. The number of furan rings is 1. The van der Waals surface area contributed by atoms with Crippen LogP contribution in [0.1, 0.15) is 26.0 Å². The molecule has 1 unspecified atom stereocenters. The van der Waals surface area contributed by atoms with Gasteiger partial charge in [-0.1, -0.05) is 37.8 Å². The molecule has 1 amide bonds. The Labute approximate surface area is 132 Å². The lowest BCUT2D eigenvalue weighted by Crippen LogP contribution is -2.44. The van der Waals surface area contributed by atoms with Crippen LogP contribution in [0, 0.1) is 5.92 Å². The van der Waals surface area contributed by atoms with E-state index in [0.29, 0.717) is 17.1 Å². The molecular weight excluding hydrogens is 310 g/mol. The minimum absolute atomic E-state index is 0.143. The molecule has 1 aliphatic heterocycles. The van der Waals surface area contributed by atoms with Crippen molar-refractivity contribution in [2.24, 2.45) is 5.92 Å². The van der Waals surface area contributed by atoms with Gasteiger partial charge in [-0.05, 0) is 24.5 Å². The predicted octanol–water partition coefficient (Wildman–Crippen LogP) is 2.98. The van der Waals surface area contributed by atoms with Gasteiger partial charge in [0.1, 0.15) is 16.1 Å². The summed E-state index contributed by atoms with van der Waals surface area (Å²) in [7, 11) is 0. The van der Waals surface area contributed by atoms with Crippen LogP contribution in [0.5, 0.6) is 0 Å². The molecule has 0 aliphatic carbocycles. The summed E-state index contributed by atoms with van der Waals surface area (Å²) in [6.07, 6.45) is 3.44. The lowest BCUT2D eigenvalue weighted by Gasteiger charge is -2.24. The average Bonchev–Trinajstić information content (AvgIpc) is 2.97. The SMILES string of the molecule is CC(C)CC(C(=O)O)N1C(=O)/C(=C\c2ccco2)SC1=S. The van der Waals surface area contributed by atoms with E-state index in [2.05, 4.69) is 0 Å². The number of thioether (sulfide) groups is 1. The molecule has 1 aromatic rings. The maximum atomic E-state index is 12.4. The molecule has 0 spiro atoms. The van der Waals surface area contributed by atoms with E-state index in [1.165, 1.54) is 11.2 Å². The summed E-state index contributed by atoms with van der Waals surface area (Å²) in [6, 6.07) is 2.50. The number of aliphatic carboxylic acids is 1. The van der Waals surface area contributed by atoms with Crippen molar-refractivity contribution < 1.29 is 19.1 Å². The third-order valence-corrected chi connectivity index (χ3v) is 4.26.